The molecule has 8 atom stereocenters. The van der Waals surface area contributed by atoms with Gasteiger partial charge in [0.25, 0.3) is 0 Å². The first-order valence-corrected chi connectivity index (χ1v) is 18.4. The van der Waals surface area contributed by atoms with Crippen molar-refractivity contribution in [1.29, 1.82) is 0 Å². The first-order valence-electron chi connectivity index (χ1n) is 18.4. The highest BCUT2D eigenvalue weighted by atomic mass is 16.5. The van der Waals surface area contributed by atoms with Gasteiger partial charge in [0.2, 0.25) is 23.6 Å². The molecule has 0 radical (unpaired) electrons. The van der Waals surface area contributed by atoms with Crippen LogP contribution in [-0.2, 0) is 39.9 Å². The van der Waals surface area contributed by atoms with Crippen LogP contribution < -0.4 is 16.4 Å². The van der Waals surface area contributed by atoms with Crippen LogP contribution in [0.4, 0.5) is 0 Å². The molecule has 0 saturated carbocycles. The second-order valence-electron chi connectivity index (χ2n) is 15.1. The number of carbonyl (C=O) groups excluding carboxylic acids is 5. The Morgan fingerprint density at radius 3 is 2.16 bits per heavy atom. The SMILES string of the molecule is CC[C@H](C)[C@@H]([C@@H](CC(=O)N1CCC[C@H]1[C@H](OC)[C@@H](C)C(=O)N[C@@H](Cc1ccccc1)C(N)=O)OC)N(C)C(=O)[C@@H](CC(=O)C(C)(C)NC)C(C)C. The number of likely N-dealkylation sites (tertiary alicyclic amines) is 1. The van der Waals surface area contributed by atoms with Crippen molar-refractivity contribution in [2.75, 3.05) is 34.9 Å². The lowest BCUT2D eigenvalue weighted by Crippen LogP contribution is -2.55. The van der Waals surface area contributed by atoms with Gasteiger partial charge in [0.15, 0.2) is 5.78 Å². The molecule has 12 nitrogen and oxygen atoms in total. The van der Waals surface area contributed by atoms with Crippen molar-refractivity contribution in [2.24, 2.45) is 29.4 Å². The predicted molar refractivity (Wildman–Crippen MR) is 198 cm³/mol. The van der Waals surface area contributed by atoms with E-state index in [1.165, 1.54) is 7.11 Å². The van der Waals surface area contributed by atoms with Gasteiger partial charge in [0, 0.05) is 46.6 Å². The van der Waals surface area contributed by atoms with E-state index in [4.69, 9.17) is 15.2 Å². The van der Waals surface area contributed by atoms with Crippen LogP contribution in [0.3, 0.4) is 0 Å². The lowest BCUT2D eigenvalue weighted by Gasteiger charge is -2.41. The molecule has 4 amide bonds. The molecule has 1 fully saturated rings. The quantitative estimate of drug-likeness (QED) is 0.175. The van der Waals surface area contributed by atoms with E-state index in [2.05, 4.69) is 10.6 Å². The van der Waals surface area contributed by atoms with Gasteiger partial charge in [-0.15, -0.1) is 0 Å². The number of Topliss-reactive ketones (excluding diaryl/α,β-unsaturated/α-hetero) is 1. The summed E-state index contributed by atoms with van der Waals surface area (Å²) in [5.41, 5.74) is 5.77. The minimum Gasteiger partial charge on any atom is -0.379 e. The van der Waals surface area contributed by atoms with E-state index in [0.717, 1.165) is 18.4 Å². The number of amides is 4. The summed E-state index contributed by atoms with van der Waals surface area (Å²) in [4.78, 5) is 70.7. The van der Waals surface area contributed by atoms with Crippen molar-refractivity contribution < 1.29 is 33.4 Å². The van der Waals surface area contributed by atoms with Gasteiger partial charge in [0.05, 0.1) is 42.2 Å². The molecule has 1 aliphatic heterocycles. The maximum absolute atomic E-state index is 14.1. The molecule has 1 aliphatic rings. The van der Waals surface area contributed by atoms with Gasteiger partial charge in [0.1, 0.15) is 6.04 Å². The number of likely N-dealkylation sites (N-methyl/N-ethyl adjacent to an activating group) is 2. The maximum atomic E-state index is 14.1. The number of rotatable bonds is 21. The number of nitrogens with zero attached hydrogens (tertiary/aromatic N) is 2. The highest BCUT2D eigenvalue weighted by Crippen LogP contribution is 2.31. The summed E-state index contributed by atoms with van der Waals surface area (Å²) in [6.45, 7) is 13.8. The second kappa shape index (κ2) is 20.0. The largest absolute Gasteiger partial charge is 0.379 e. The van der Waals surface area contributed by atoms with Crippen molar-refractivity contribution in [3.8, 4) is 0 Å². The van der Waals surface area contributed by atoms with Crippen molar-refractivity contribution >= 4 is 29.4 Å². The molecule has 0 bridgehead atoms. The molecule has 1 aromatic rings. The molecule has 51 heavy (non-hydrogen) atoms. The van der Waals surface area contributed by atoms with Gasteiger partial charge >= 0.3 is 0 Å². The molecule has 0 aliphatic carbocycles. The number of benzene rings is 1. The molecular weight excluding hydrogens is 650 g/mol. The summed E-state index contributed by atoms with van der Waals surface area (Å²) in [7, 11) is 6.56. The first-order chi connectivity index (χ1) is 23.9. The van der Waals surface area contributed by atoms with Crippen LogP contribution in [0.15, 0.2) is 30.3 Å². The fourth-order valence-electron chi connectivity index (χ4n) is 7.15. The topological polar surface area (TPSA) is 160 Å². The maximum Gasteiger partial charge on any atom is 0.240 e. The Kier molecular flexibility index (Phi) is 17.2. The van der Waals surface area contributed by atoms with Crippen LogP contribution in [0.2, 0.25) is 0 Å². The number of ether oxygens (including phenoxy) is 2. The monoisotopic (exact) mass is 715 g/mol. The van der Waals surface area contributed by atoms with Gasteiger partial charge in [-0.3, -0.25) is 24.0 Å². The van der Waals surface area contributed by atoms with Gasteiger partial charge < -0.3 is 35.6 Å². The lowest BCUT2D eigenvalue weighted by molar-refractivity contribution is -0.149. The van der Waals surface area contributed by atoms with E-state index in [1.807, 2.05) is 71.9 Å². The van der Waals surface area contributed by atoms with Gasteiger partial charge in [-0.1, -0.05) is 71.4 Å². The molecule has 0 spiro atoms. The van der Waals surface area contributed by atoms with E-state index in [9.17, 15) is 24.0 Å². The minimum absolute atomic E-state index is 0.00660. The standard InChI is InChI=1S/C39H65N5O7/c1-12-25(4)34(43(9)38(49)28(24(2)3)22-32(45)39(6,7)41-8)31(50-10)23-33(46)44-20-16-19-30(44)35(51-11)26(5)37(48)42-29(36(40)47)21-27-17-14-13-15-18-27/h13-15,17-18,24-26,28-31,34-35,41H,12,16,19-23H2,1-11H3,(H2,40,47)(H,42,48)/t25-,26+,28-,29-,30-,31+,34-,35+/m0/s1. The molecule has 0 aromatic heterocycles. The number of carbonyl (C=O) groups is 5. The highest BCUT2D eigenvalue weighted by Gasteiger charge is 2.43. The summed E-state index contributed by atoms with van der Waals surface area (Å²) in [6, 6.07) is 7.62. The lowest BCUT2D eigenvalue weighted by atomic mass is 9.83. The van der Waals surface area contributed by atoms with E-state index >= 15 is 0 Å². The third-order valence-corrected chi connectivity index (χ3v) is 11.1. The third kappa shape index (κ3) is 11.6. The van der Waals surface area contributed by atoms with E-state index in [0.29, 0.717) is 13.0 Å². The predicted octanol–water partition coefficient (Wildman–Crippen LogP) is 3.35. The minimum atomic E-state index is -0.899. The second-order valence-corrected chi connectivity index (χ2v) is 15.1. The fourth-order valence-corrected chi connectivity index (χ4v) is 7.15. The number of primary amides is 1. The summed E-state index contributed by atoms with van der Waals surface area (Å²) in [5, 5.41) is 5.85. The van der Waals surface area contributed by atoms with Gasteiger partial charge in [-0.25, -0.2) is 0 Å². The van der Waals surface area contributed by atoms with Crippen LogP contribution in [-0.4, -0.2) is 110 Å². The molecule has 1 saturated heterocycles. The average Bonchev–Trinajstić information content (AvgIpc) is 3.59. The van der Waals surface area contributed by atoms with Crippen LogP contribution in [0.5, 0.6) is 0 Å². The zero-order valence-corrected chi connectivity index (χ0v) is 32.9. The van der Waals surface area contributed by atoms with Gasteiger partial charge in [-0.05, 0) is 51.1 Å². The number of methoxy groups -OCH3 is 2. The number of hydrogen-bond acceptors (Lipinski definition) is 8. The van der Waals surface area contributed by atoms with E-state index in [-0.39, 0.29) is 60.6 Å². The molecule has 0 unspecified atom stereocenters. The smallest absolute Gasteiger partial charge is 0.240 e. The van der Waals surface area contributed by atoms with E-state index < -0.39 is 47.6 Å². The third-order valence-electron chi connectivity index (χ3n) is 11.1. The number of ketones is 1. The summed E-state index contributed by atoms with van der Waals surface area (Å²) < 4.78 is 11.9. The van der Waals surface area contributed by atoms with Crippen molar-refractivity contribution in [3.05, 3.63) is 35.9 Å². The van der Waals surface area contributed by atoms with Crippen molar-refractivity contribution in [2.45, 2.75) is 123 Å². The fraction of sp³-hybridized carbons (Fsp3) is 0.718. The molecular formula is C39H65N5O7. The number of nitrogens with two attached hydrogens (primary N) is 1. The molecule has 1 heterocycles. The summed E-state index contributed by atoms with van der Waals surface area (Å²) in [5.74, 6) is -2.67. The zero-order chi connectivity index (χ0) is 38.6. The Morgan fingerprint density at radius 2 is 1.65 bits per heavy atom. The van der Waals surface area contributed by atoms with Crippen molar-refractivity contribution in [1.82, 2.24) is 20.4 Å². The summed E-state index contributed by atoms with van der Waals surface area (Å²) >= 11 is 0. The molecule has 2 rings (SSSR count). The number of nitrogens with one attached hydrogen (secondary N) is 2. The van der Waals surface area contributed by atoms with E-state index in [1.54, 1.807) is 37.9 Å². The Morgan fingerprint density at radius 1 is 1.02 bits per heavy atom. The Hall–Kier alpha value is -3.35. The molecule has 12 heteroatoms. The normalized spacial score (nSPS) is 19.1. The van der Waals surface area contributed by atoms with Crippen LogP contribution in [0.25, 0.3) is 0 Å². The molecule has 1 aromatic carbocycles. The zero-order valence-electron chi connectivity index (χ0n) is 32.9. The molecule has 288 valence electrons. The molecule has 4 N–H and O–H groups in total. The van der Waals surface area contributed by atoms with Crippen molar-refractivity contribution in [3.63, 3.8) is 0 Å². The first kappa shape index (κ1) is 43.8. The number of hydrogen-bond donors (Lipinski definition) is 3. The summed E-state index contributed by atoms with van der Waals surface area (Å²) in [6.07, 6.45) is 1.26. The highest BCUT2D eigenvalue weighted by molar-refractivity contribution is 5.92. The van der Waals surface area contributed by atoms with Crippen LogP contribution in [0.1, 0.15) is 86.1 Å². The Bertz CT molecular complexity index is 1310. The Balaban J connectivity index is 2.26. The van der Waals surface area contributed by atoms with Crippen LogP contribution >= 0.6 is 0 Å². The van der Waals surface area contributed by atoms with Gasteiger partial charge in [-0.2, -0.15) is 0 Å². The Labute approximate surface area is 305 Å². The average molecular weight is 716 g/mol. The van der Waals surface area contributed by atoms with Crippen LogP contribution in [0, 0.1) is 23.7 Å².